The summed E-state index contributed by atoms with van der Waals surface area (Å²) in [4.78, 5) is 14.5. The van der Waals surface area contributed by atoms with Crippen LogP contribution in [0.4, 0.5) is 0 Å². The number of carbonyl (C=O) groups is 1. The van der Waals surface area contributed by atoms with Gasteiger partial charge in [0.2, 0.25) is 0 Å². The Labute approximate surface area is 119 Å². The van der Waals surface area contributed by atoms with Crippen molar-refractivity contribution in [2.45, 2.75) is 25.3 Å². The number of nitrogens with zero attached hydrogens (tertiary/aromatic N) is 1. The van der Waals surface area contributed by atoms with E-state index in [-0.39, 0.29) is 5.91 Å². The fraction of sp³-hybridized carbons (Fsp3) is 0.400. The van der Waals surface area contributed by atoms with Gasteiger partial charge in [-0.25, -0.2) is 0 Å². The lowest BCUT2D eigenvalue weighted by atomic mass is 10.1. The van der Waals surface area contributed by atoms with Crippen LogP contribution in [0.2, 0.25) is 0 Å². The minimum atomic E-state index is 0.0512. The zero-order valence-corrected chi connectivity index (χ0v) is 12.0. The van der Waals surface area contributed by atoms with Crippen LogP contribution >= 0.6 is 15.9 Å². The molecule has 1 saturated carbocycles. The molecule has 2 bridgehead atoms. The molecule has 2 aromatic rings. The molecule has 1 aliphatic heterocycles. The molecule has 1 amide bonds. The van der Waals surface area contributed by atoms with E-state index in [4.69, 9.17) is 4.42 Å². The number of halogens is 1. The third-order valence-corrected chi connectivity index (χ3v) is 5.00. The Balaban J connectivity index is 1.70. The van der Waals surface area contributed by atoms with Gasteiger partial charge in [-0.05, 0) is 53.2 Å². The zero-order valence-electron chi connectivity index (χ0n) is 10.4. The summed E-state index contributed by atoms with van der Waals surface area (Å²) in [6, 6.07) is 8.14. The first-order chi connectivity index (χ1) is 9.22. The Hall–Kier alpha value is -1.29. The Morgan fingerprint density at radius 1 is 1.37 bits per heavy atom. The lowest BCUT2D eigenvalue weighted by Gasteiger charge is -2.25. The van der Waals surface area contributed by atoms with Gasteiger partial charge in [0.15, 0.2) is 5.76 Å². The van der Waals surface area contributed by atoms with Gasteiger partial charge in [-0.15, -0.1) is 0 Å². The van der Waals surface area contributed by atoms with E-state index in [2.05, 4.69) is 15.9 Å². The molecule has 0 spiro atoms. The zero-order chi connectivity index (χ0) is 13.0. The number of piperidine rings is 1. The van der Waals surface area contributed by atoms with Crippen LogP contribution in [0.1, 0.15) is 29.8 Å². The van der Waals surface area contributed by atoms with E-state index in [9.17, 15) is 4.79 Å². The third kappa shape index (κ3) is 1.73. The first kappa shape index (κ1) is 11.5. The van der Waals surface area contributed by atoms with Crippen molar-refractivity contribution in [2.24, 2.45) is 5.92 Å². The van der Waals surface area contributed by atoms with Crippen molar-refractivity contribution < 1.29 is 9.21 Å². The molecule has 2 unspecified atom stereocenters. The number of rotatable bonds is 1. The van der Waals surface area contributed by atoms with E-state index in [0.29, 0.717) is 17.7 Å². The van der Waals surface area contributed by atoms with E-state index in [0.717, 1.165) is 28.4 Å². The lowest BCUT2D eigenvalue weighted by molar-refractivity contribution is 0.0673. The summed E-state index contributed by atoms with van der Waals surface area (Å²) in [6.07, 6.45) is 3.61. The lowest BCUT2D eigenvalue weighted by Crippen LogP contribution is -2.37. The predicted molar refractivity (Wildman–Crippen MR) is 76.1 cm³/mol. The van der Waals surface area contributed by atoms with Crippen LogP contribution in [-0.4, -0.2) is 23.4 Å². The van der Waals surface area contributed by atoms with E-state index in [1.54, 1.807) is 0 Å². The van der Waals surface area contributed by atoms with Gasteiger partial charge in [-0.2, -0.15) is 0 Å². The largest absolute Gasteiger partial charge is 0.450 e. The van der Waals surface area contributed by atoms with Gasteiger partial charge in [0, 0.05) is 18.0 Å². The molecule has 1 saturated heterocycles. The van der Waals surface area contributed by atoms with Gasteiger partial charge < -0.3 is 9.32 Å². The summed E-state index contributed by atoms with van der Waals surface area (Å²) in [5.74, 6) is 1.23. The molecular weight excluding hydrogens is 306 g/mol. The van der Waals surface area contributed by atoms with Crippen molar-refractivity contribution in [3.63, 3.8) is 0 Å². The van der Waals surface area contributed by atoms with Crippen molar-refractivity contribution >= 4 is 32.8 Å². The maximum absolute atomic E-state index is 12.5. The summed E-state index contributed by atoms with van der Waals surface area (Å²) in [6.45, 7) is 0.904. The molecule has 2 atom stereocenters. The number of hydrogen-bond donors (Lipinski definition) is 0. The fourth-order valence-corrected chi connectivity index (χ4v) is 3.91. The van der Waals surface area contributed by atoms with Gasteiger partial charge in [0.05, 0.1) is 4.47 Å². The predicted octanol–water partition coefficient (Wildman–Crippen LogP) is 3.82. The Morgan fingerprint density at radius 2 is 2.26 bits per heavy atom. The summed E-state index contributed by atoms with van der Waals surface area (Å²) in [7, 11) is 0. The van der Waals surface area contributed by atoms with Gasteiger partial charge in [-0.1, -0.05) is 12.1 Å². The van der Waals surface area contributed by atoms with E-state index in [1.165, 1.54) is 12.8 Å². The van der Waals surface area contributed by atoms with Gasteiger partial charge in [0.1, 0.15) is 5.58 Å². The van der Waals surface area contributed by atoms with E-state index in [1.807, 2.05) is 29.2 Å². The number of amides is 1. The molecule has 0 radical (unpaired) electrons. The van der Waals surface area contributed by atoms with Crippen LogP contribution < -0.4 is 0 Å². The maximum atomic E-state index is 12.5. The Morgan fingerprint density at radius 3 is 2.95 bits per heavy atom. The summed E-state index contributed by atoms with van der Waals surface area (Å²) in [5, 5.41) is 0.974. The molecule has 0 N–H and O–H groups in total. The standard InChI is InChI=1S/C15H14BrNO2/c16-12-3-1-2-10-7-13(19-14(10)12)15(18)17-8-9-4-5-11(17)6-9/h1-3,7,9,11H,4-6,8H2. The fourth-order valence-electron chi connectivity index (χ4n) is 3.45. The van der Waals surface area contributed by atoms with Crippen LogP contribution in [0.15, 0.2) is 33.2 Å². The number of para-hydroxylation sites is 1. The normalized spacial score (nSPS) is 25.4. The summed E-state index contributed by atoms with van der Waals surface area (Å²) < 4.78 is 6.64. The topological polar surface area (TPSA) is 33.5 Å². The smallest absolute Gasteiger partial charge is 0.289 e. The number of benzene rings is 1. The number of carbonyl (C=O) groups excluding carboxylic acids is 1. The van der Waals surface area contributed by atoms with Crippen LogP contribution in [0.3, 0.4) is 0 Å². The van der Waals surface area contributed by atoms with Crippen LogP contribution in [-0.2, 0) is 0 Å². The number of likely N-dealkylation sites (tertiary alicyclic amines) is 1. The molecular formula is C15H14BrNO2. The summed E-state index contributed by atoms with van der Waals surface area (Å²) in [5.41, 5.74) is 0.759. The summed E-state index contributed by atoms with van der Waals surface area (Å²) >= 11 is 3.46. The highest BCUT2D eigenvalue weighted by atomic mass is 79.9. The van der Waals surface area contributed by atoms with Crippen molar-refractivity contribution in [1.82, 2.24) is 4.90 Å². The quantitative estimate of drug-likeness (QED) is 0.800. The first-order valence-corrected chi connectivity index (χ1v) is 7.50. The highest BCUT2D eigenvalue weighted by Crippen LogP contribution is 2.38. The second-order valence-electron chi connectivity index (χ2n) is 5.56. The molecule has 1 aromatic heterocycles. The molecule has 1 aromatic carbocycles. The SMILES string of the molecule is O=C(c1cc2cccc(Br)c2o1)N1CC2CCC1C2. The maximum Gasteiger partial charge on any atom is 0.289 e. The van der Waals surface area contributed by atoms with Gasteiger partial charge in [0.25, 0.3) is 5.91 Å². The van der Waals surface area contributed by atoms with Crippen LogP contribution in [0, 0.1) is 5.92 Å². The third-order valence-electron chi connectivity index (χ3n) is 4.38. The average molecular weight is 320 g/mol. The Bertz CT molecular complexity index is 663. The molecule has 19 heavy (non-hydrogen) atoms. The van der Waals surface area contributed by atoms with Crippen LogP contribution in [0.5, 0.6) is 0 Å². The minimum absolute atomic E-state index is 0.0512. The minimum Gasteiger partial charge on any atom is -0.450 e. The van der Waals surface area contributed by atoms with Crippen LogP contribution in [0.25, 0.3) is 11.0 Å². The molecule has 2 fully saturated rings. The van der Waals surface area contributed by atoms with Crippen molar-refractivity contribution in [1.29, 1.82) is 0 Å². The molecule has 4 rings (SSSR count). The molecule has 98 valence electrons. The van der Waals surface area contributed by atoms with E-state index < -0.39 is 0 Å². The molecule has 1 aliphatic carbocycles. The molecule has 4 heteroatoms. The number of furan rings is 1. The Kier molecular flexibility index (Phi) is 2.49. The monoisotopic (exact) mass is 319 g/mol. The van der Waals surface area contributed by atoms with Gasteiger partial charge in [-0.3, -0.25) is 4.79 Å². The number of hydrogen-bond acceptors (Lipinski definition) is 2. The molecule has 3 nitrogen and oxygen atoms in total. The van der Waals surface area contributed by atoms with E-state index >= 15 is 0 Å². The highest BCUT2D eigenvalue weighted by Gasteiger charge is 2.41. The van der Waals surface area contributed by atoms with Crippen molar-refractivity contribution in [3.8, 4) is 0 Å². The van der Waals surface area contributed by atoms with Crippen molar-refractivity contribution in [2.75, 3.05) is 6.54 Å². The van der Waals surface area contributed by atoms with Crippen molar-refractivity contribution in [3.05, 3.63) is 34.5 Å². The second-order valence-corrected chi connectivity index (χ2v) is 6.41. The van der Waals surface area contributed by atoms with Gasteiger partial charge >= 0.3 is 0 Å². The second kappa shape index (κ2) is 4.10. The number of fused-ring (bicyclic) bond motifs is 3. The molecule has 2 aliphatic rings. The first-order valence-electron chi connectivity index (χ1n) is 6.71. The molecule has 2 heterocycles. The highest BCUT2D eigenvalue weighted by molar-refractivity contribution is 9.10. The average Bonchev–Trinajstić information content (AvgIpc) is 3.12.